The molecule has 2 aromatic rings. The summed E-state index contributed by atoms with van der Waals surface area (Å²) in [5.74, 6) is 5.14. The number of anilines is 1. The van der Waals surface area contributed by atoms with Gasteiger partial charge < -0.3 is 10.7 Å². The molecule has 0 atom stereocenters. The largest absolute Gasteiger partial charge is 0.350 e. The Labute approximate surface area is 105 Å². The Morgan fingerprint density at radius 3 is 2.72 bits per heavy atom. The van der Waals surface area contributed by atoms with Crippen LogP contribution in [0.4, 0.5) is 5.69 Å². The fourth-order valence-electron chi connectivity index (χ4n) is 1.54. The van der Waals surface area contributed by atoms with Crippen molar-refractivity contribution in [3.05, 3.63) is 48.3 Å². The summed E-state index contributed by atoms with van der Waals surface area (Å²) in [6, 6.07) is 8.79. The lowest BCUT2D eigenvalue weighted by atomic mass is 10.2. The molecular weight excluding hydrogens is 230 g/mol. The summed E-state index contributed by atoms with van der Waals surface area (Å²) in [5, 5.41) is 6.87. The molecule has 0 bridgehead atoms. The van der Waals surface area contributed by atoms with Crippen molar-refractivity contribution in [1.29, 1.82) is 0 Å². The first-order valence-corrected chi connectivity index (χ1v) is 5.62. The van der Waals surface area contributed by atoms with Gasteiger partial charge in [-0.3, -0.25) is 15.3 Å². The van der Waals surface area contributed by atoms with Crippen LogP contribution in [0, 0.1) is 0 Å². The van der Waals surface area contributed by atoms with E-state index in [1.165, 1.54) is 0 Å². The summed E-state index contributed by atoms with van der Waals surface area (Å²) in [5.41, 5.74) is 3.88. The summed E-state index contributed by atoms with van der Waals surface area (Å²) in [6.45, 7) is 1.19. The van der Waals surface area contributed by atoms with Gasteiger partial charge in [-0.25, -0.2) is 0 Å². The molecule has 1 aromatic heterocycles. The van der Waals surface area contributed by atoms with Crippen molar-refractivity contribution in [1.82, 2.24) is 15.1 Å². The van der Waals surface area contributed by atoms with Gasteiger partial charge in [0.1, 0.15) is 0 Å². The van der Waals surface area contributed by atoms with E-state index >= 15 is 0 Å². The molecule has 0 radical (unpaired) electrons. The number of benzene rings is 1. The smallest absolute Gasteiger partial charge is 0.251 e. The highest BCUT2D eigenvalue weighted by atomic mass is 16.1. The van der Waals surface area contributed by atoms with Crippen molar-refractivity contribution in [2.24, 2.45) is 5.84 Å². The Bertz CT molecular complexity index is 492. The molecule has 1 amide bonds. The second-order valence-corrected chi connectivity index (χ2v) is 3.75. The van der Waals surface area contributed by atoms with Crippen LogP contribution in [0.15, 0.2) is 42.7 Å². The normalized spacial score (nSPS) is 10.1. The van der Waals surface area contributed by atoms with Gasteiger partial charge in [0.25, 0.3) is 5.91 Å². The number of nitrogens with two attached hydrogens (primary N) is 1. The first-order valence-electron chi connectivity index (χ1n) is 5.62. The van der Waals surface area contributed by atoms with Gasteiger partial charge in [-0.1, -0.05) is 0 Å². The summed E-state index contributed by atoms with van der Waals surface area (Å²) in [7, 11) is 0. The number of aromatic nitrogens is 2. The Morgan fingerprint density at radius 1 is 1.33 bits per heavy atom. The van der Waals surface area contributed by atoms with Crippen LogP contribution in [-0.4, -0.2) is 22.2 Å². The zero-order valence-electron chi connectivity index (χ0n) is 9.84. The number of carbonyl (C=O) groups excluding carboxylic acids is 1. The molecule has 0 saturated heterocycles. The molecule has 0 unspecified atom stereocenters. The van der Waals surface area contributed by atoms with E-state index in [1.54, 1.807) is 35.1 Å². The van der Waals surface area contributed by atoms with Gasteiger partial charge in [0.15, 0.2) is 0 Å². The lowest BCUT2D eigenvalue weighted by Crippen LogP contribution is -2.27. The molecule has 0 aliphatic heterocycles. The zero-order valence-corrected chi connectivity index (χ0v) is 9.84. The van der Waals surface area contributed by atoms with E-state index in [4.69, 9.17) is 5.84 Å². The van der Waals surface area contributed by atoms with Crippen molar-refractivity contribution >= 4 is 11.6 Å². The van der Waals surface area contributed by atoms with E-state index < -0.39 is 0 Å². The molecular formula is C12H15N5O. The molecule has 0 fully saturated rings. The van der Waals surface area contributed by atoms with Gasteiger partial charge in [-0.15, -0.1) is 0 Å². The highest BCUT2D eigenvalue weighted by Crippen LogP contribution is 2.07. The Hall–Kier alpha value is -2.34. The minimum absolute atomic E-state index is 0.106. The summed E-state index contributed by atoms with van der Waals surface area (Å²) >= 11 is 0. The second kappa shape index (κ2) is 5.83. The molecule has 18 heavy (non-hydrogen) atoms. The number of nitrogens with one attached hydrogen (secondary N) is 2. The van der Waals surface area contributed by atoms with Gasteiger partial charge in [0.05, 0.1) is 6.54 Å². The minimum Gasteiger partial charge on any atom is -0.350 e. The Balaban J connectivity index is 1.83. The predicted molar refractivity (Wildman–Crippen MR) is 68.8 cm³/mol. The van der Waals surface area contributed by atoms with E-state index in [9.17, 15) is 4.79 Å². The van der Waals surface area contributed by atoms with E-state index in [-0.39, 0.29) is 5.91 Å². The zero-order chi connectivity index (χ0) is 12.8. The second-order valence-electron chi connectivity index (χ2n) is 3.75. The summed E-state index contributed by atoms with van der Waals surface area (Å²) in [6.07, 6.45) is 3.56. The Morgan fingerprint density at radius 2 is 2.11 bits per heavy atom. The molecule has 4 N–H and O–H groups in total. The van der Waals surface area contributed by atoms with Gasteiger partial charge >= 0.3 is 0 Å². The SMILES string of the molecule is NNc1ccc(C(=O)NCCn2cccn2)cc1. The van der Waals surface area contributed by atoms with E-state index in [1.807, 2.05) is 12.3 Å². The maximum absolute atomic E-state index is 11.8. The number of carbonyl (C=O) groups is 1. The summed E-state index contributed by atoms with van der Waals surface area (Å²) < 4.78 is 1.77. The topological polar surface area (TPSA) is 85.0 Å². The molecule has 6 nitrogen and oxygen atoms in total. The van der Waals surface area contributed by atoms with E-state index in [2.05, 4.69) is 15.8 Å². The number of rotatable bonds is 5. The van der Waals surface area contributed by atoms with Crippen LogP contribution < -0.4 is 16.6 Å². The lowest BCUT2D eigenvalue weighted by Gasteiger charge is -2.06. The fraction of sp³-hybridized carbons (Fsp3) is 0.167. The van der Waals surface area contributed by atoms with Gasteiger partial charge in [0.2, 0.25) is 0 Å². The molecule has 1 aromatic carbocycles. The van der Waals surface area contributed by atoms with Crippen molar-refractivity contribution in [2.75, 3.05) is 12.0 Å². The molecule has 0 aliphatic rings. The van der Waals surface area contributed by atoms with Gasteiger partial charge in [-0.05, 0) is 30.3 Å². The highest BCUT2D eigenvalue weighted by Gasteiger charge is 2.04. The van der Waals surface area contributed by atoms with E-state index in [0.717, 1.165) is 5.69 Å². The van der Waals surface area contributed by atoms with Crippen LogP contribution in [0.3, 0.4) is 0 Å². The molecule has 1 heterocycles. The molecule has 0 saturated carbocycles. The highest BCUT2D eigenvalue weighted by molar-refractivity contribution is 5.94. The maximum atomic E-state index is 11.8. The first-order chi connectivity index (χ1) is 8.79. The van der Waals surface area contributed by atoms with Gasteiger partial charge in [0, 0.05) is 30.2 Å². The number of hydrogen-bond acceptors (Lipinski definition) is 4. The van der Waals surface area contributed by atoms with Crippen molar-refractivity contribution in [3.63, 3.8) is 0 Å². The molecule has 0 aliphatic carbocycles. The fourth-order valence-corrected chi connectivity index (χ4v) is 1.54. The number of nitrogen functional groups attached to an aromatic ring is 1. The Kier molecular flexibility index (Phi) is 3.93. The van der Waals surface area contributed by atoms with E-state index in [0.29, 0.717) is 18.7 Å². The molecule has 2 rings (SSSR count). The standard InChI is InChI=1S/C12H15N5O/c13-16-11-4-2-10(3-5-11)12(18)14-7-9-17-8-1-6-15-17/h1-6,8,16H,7,9,13H2,(H,14,18). The monoisotopic (exact) mass is 245 g/mol. The summed E-state index contributed by atoms with van der Waals surface area (Å²) in [4.78, 5) is 11.8. The van der Waals surface area contributed by atoms with Gasteiger partial charge in [-0.2, -0.15) is 5.10 Å². The van der Waals surface area contributed by atoms with Crippen LogP contribution in [0.2, 0.25) is 0 Å². The minimum atomic E-state index is -0.106. The van der Waals surface area contributed by atoms with Crippen molar-refractivity contribution in [3.8, 4) is 0 Å². The lowest BCUT2D eigenvalue weighted by molar-refractivity contribution is 0.0952. The molecule has 6 heteroatoms. The average molecular weight is 245 g/mol. The number of amides is 1. The van der Waals surface area contributed by atoms with Crippen molar-refractivity contribution < 1.29 is 4.79 Å². The number of hydrazine groups is 1. The van der Waals surface area contributed by atoms with Crippen LogP contribution in [0.1, 0.15) is 10.4 Å². The molecule has 0 spiro atoms. The predicted octanol–water partition coefficient (Wildman–Crippen LogP) is 0.599. The van der Waals surface area contributed by atoms with Crippen molar-refractivity contribution in [2.45, 2.75) is 6.54 Å². The third kappa shape index (κ3) is 3.08. The van der Waals surface area contributed by atoms with Crippen LogP contribution in [-0.2, 0) is 6.54 Å². The quantitative estimate of drug-likeness (QED) is 0.532. The first kappa shape index (κ1) is 12.1. The molecule has 94 valence electrons. The number of hydrogen-bond donors (Lipinski definition) is 3. The third-order valence-corrected chi connectivity index (χ3v) is 2.50. The van der Waals surface area contributed by atoms with Crippen LogP contribution in [0.25, 0.3) is 0 Å². The van der Waals surface area contributed by atoms with Crippen LogP contribution in [0.5, 0.6) is 0 Å². The third-order valence-electron chi connectivity index (χ3n) is 2.50. The van der Waals surface area contributed by atoms with Crippen LogP contribution >= 0.6 is 0 Å². The number of nitrogens with zero attached hydrogens (tertiary/aromatic N) is 2. The average Bonchev–Trinajstić information content (AvgIpc) is 2.92. The maximum Gasteiger partial charge on any atom is 0.251 e.